The molecule has 1 N–H and O–H groups in total. The number of nitrogens with zero attached hydrogens (tertiary/aromatic N) is 2. The monoisotopic (exact) mass is 282 g/mol. The highest BCUT2D eigenvalue weighted by Gasteiger charge is 2.31. The summed E-state index contributed by atoms with van der Waals surface area (Å²) in [5, 5.41) is 8.92. The van der Waals surface area contributed by atoms with Crippen LogP contribution in [0.2, 0.25) is 0 Å². The maximum absolute atomic E-state index is 13.7. The van der Waals surface area contributed by atoms with E-state index in [0.717, 1.165) is 4.90 Å². The smallest absolute Gasteiger partial charge is 0.325 e. The number of carbonyl (C=O) groups is 2. The number of anilines is 1. The summed E-state index contributed by atoms with van der Waals surface area (Å²) in [5.74, 6) is -1.65. The second kappa shape index (κ2) is 5.90. The summed E-state index contributed by atoms with van der Waals surface area (Å²) in [6.07, 6.45) is 0. The number of amides is 2. The van der Waals surface area contributed by atoms with Gasteiger partial charge in [-0.25, -0.2) is 9.18 Å². The first-order valence-corrected chi connectivity index (χ1v) is 6.16. The maximum Gasteiger partial charge on any atom is 0.325 e. The van der Waals surface area contributed by atoms with Crippen LogP contribution in [0.3, 0.4) is 0 Å². The number of halogens is 1. The fourth-order valence-corrected chi connectivity index (χ4v) is 1.73. The van der Waals surface area contributed by atoms with Crippen LogP contribution in [0, 0.1) is 5.82 Å². The number of carboxylic acids is 1. The van der Waals surface area contributed by atoms with Crippen molar-refractivity contribution in [3.63, 3.8) is 0 Å². The number of carbonyl (C=O) groups excluding carboxylic acids is 1. The summed E-state index contributed by atoms with van der Waals surface area (Å²) >= 11 is 0. The Balaban J connectivity index is 3.07. The third kappa shape index (κ3) is 3.69. The third-order valence-corrected chi connectivity index (χ3v) is 2.83. The minimum Gasteiger partial charge on any atom is -0.480 e. The number of hydrogen-bond acceptors (Lipinski definition) is 2. The van der Waals surface area contributed by atoms with Gasteiger partial charge in [0.2, 0.25) is 0 Å². The second-order valence-electron chi connectivity index (χ2n) is 5.44. The van der Waals surface area contributed by atoms with E-state index >= 15 is 0 Å². The van der Waals surface area contributed by atoms with Crippen LogP contribution in [0.15, 0.2) is 24.3 Å². The molecule has 110 valence electrons. The molecule has 2 amide bonds. The largest absolute Gasteiger partial charge is 0.480 e. The molecule has 1 aromatic carbocycles. The lowest BCUT2D eigenvalue weighted by molar-refractivity contribution is -0.138. The van der Waals surface area contributed by atoms with Gasteiger partial charge in [-0.3, -0.25) is 9.69 Å². The number of hydrogen-bond donors (Lipinski definition) is 1. The lowest BCUT2D eigenvalue weighted by atomic mass is 10.1. The van der Waals surface area contributed by atoms with Crippen molar-refractivity contribution in [1.29, 1.82) is 0 Å². The summed E-state index contributed by atoms with van der Waals surface area (Å²) < 4.78 is 13.7. The molecule has 0 spiro atoms. The summed E-state index contributed by atoms with van der Waals surface area (Å²) in [5.41, 5.74) is -0.577. The molecule has 0 saturated carbocycles. The zero-order chi connectivity index (χ0) is 15.5. The van der Waals surface area contributed by atoms with Crippen LogP contribution in [0.4, 0.5) is 14.9 Å². The highest BCUT2D eigenvalue weighted by atomic mass is 19.1. The summed E-state index contributed by atoms with van der Waals surface area (Å²) in [6.45, 7) is 4.73. The quantitative estimate of drug-likeness (QED) is 0.926. The zero-order valence-corrected chi connectivity index (χ0v) is 12.1. The minimum atomic E-state index is -1.12. The predicted molar refractivity (Wildman–Crippen MR) is 74.3 cm³/mol. The van der Waals surface area contributed by atoms with E-state index in [4.69, 9.17) is 5.11 Å². The number of urea groups is 1. The van der Waals surface area contributed by atoms with Crippen molar-refractivity contribution < 1.29 is 19.1 Å². The van der Waals surface area contributed by atoms with E-state index in [1.165, 1.54) is 30.1 Å². The molecule has 0 aliphatic carbocycles. The van der Waals surface area contributed by atoms with Crippen LogP contribution in [0.5, 0.6) is 0 Å². The van der Waals surface area contributed by atoms with Crippen LogP contribution < -0.4 is 4.90 Å². The molecule has 0 aromatic heterocycles. The molecule has 1 aromatic rings. The molecule has 0 unspecified atom stereocenters. The molecule has 0 bridgehead atoms. The Morgan fingerprint density at radius 1 is 1.25 bits per heavy atom. The van der Waals surface area contributed by atoms with Gasteiger partial charge in [0, 0.05) is 12.6 Å². The Bertz CT molecular complexity index is 511. The van der Waals surface area contributed by atoms with Gasteiger partial charge in [0.15, 0.2) is 0 Å². The Kier molecular flexibility index (Phi) is 4.70. The standard InChI is InChI=1S/C14H19FN2O3/c1-14(2,3)17(9-12(18)19)13(20)16(4)11-8-6-5-7-10(11)15/h5-8H,9H2,1-4H3,(H,18,19). The molecule has 0 aliphatic heterocycles. The van der Waals surface area contributed by atoms with Gasteiger partial charge in [-0.1, -0.05) is 12.1 Å². The Labute approximate surface area is 117 Å². The van der Waals surface area contributed by atoms with Crippen molar-refractivity contribution in [2.24, 2.45) is 0 Å². The topological polar surface area (TPSA) is 60.9 Å². The second-order valence-corrected chi connectivity index (χ2v) is 5.44. The number of rotatable bonds is 3. The predicted octanol–water partition coefficient (Wildman–Crippen LogP) is 2.57. The van der Waals surface area contributed by atoms with E-state index in [-0.39, 0.29) is 5.69 Å². The third-order valence-electron chi connectivity index (χ3n) is 2.83. The average Bonchev–Trinajstić information content (AvgIpc) is 2.33. The van der Waals surface area contributed by atoms with Crippen molar-refractivity contribution in [2.75, 3.05) is 18.5 Å². The van der Waals surface area contributed by atoms with Crippen molar-refractivity contribution in [1.82, 2.24) is 4.90 Å². The van der Waals surface area contributed by atoms with Gasteiger partial charge in [0.1, 0.15) is 12.4 Å². The lowest BCUT2D eigenvalue weighted by Gasteiger charge is -2.37. The summed E-state index contributed by atoms with van der Waals surface area (Å²) in [7, 11) is 1.42. The van der Waals surface area contributed by atoms with E-state index in [0.29, 0.717) is 0 Å². The van der Waals surface area contributed by atoms with E-state index in [9.17, 15) is 14.0 Å². The molecule has 6 heteroatoms. The Hall–Kier alpha value is -2.11. The normalized spacial score (nSPS) is 11.1. The SMILES string of the molecule is CN(C(=O)N(CC(=O)O)C(C)(C)C)c1ccccc1F. The fourth-order valence-electron chi connectivity index (χ4n) is 1.73. The molecule has 5 nitrogen and oxygen atoms in total. The molecule has 0 saturated heterocycles. The highest BCUT2D eigenvalue weighted by Crippen LogP contribution is 2.22. The van der Waals surface area contributed by atoms with E-state index in [1.54, 1.807) is 26.8 Å². The molecular formula is C14H19FN2O3. The van der Waals surface area contributed by atoms with E-state index in [1.807, 2.05) is 0 Å². The number of benzene rings is 1. The first-order chi connectivity index (χ1) is 9.14. The maximum atomic E-state index is 13.7. The molecular weight excluding hydrogens is 263 g/mol. The van der Waals surface area contributed by atoms with E-state index < -0.39 is 29.9 Å². The van der Waals surface area contributed by atoms with Gasteiger partial charge >= 0.3 is 12.0 Å². The first kappa shape index (κ1) is 15.9. The van der Waals surface area contributed by atoms with Gasteiger partial charge in [0.05, 0.1) is 5.69 Å². The Morgan fingerprint density at radius 3 is 2.25 bits per heavy atom. The molecule has 20 heavy (non-hydrogen) atoms. The minimum absolute atomic E-state index is 0.108. The van der Waals surface area contributed by atoms with Crippen LogP contribution in [-0.4, -0.2) is 41.1 Å². The van der Waals surface area contributed by atoms with Gasteiger partial charge in [0.25, 0.3) is 0 Å². The molecule has 0 heterocycles. The van der Waals surface area contributed by atoms with Crippen molar-refractivity contribution in [3.8, 4) is 0 Å². The van der Waals surface area contributed by atoms with Gasteiger partial charge < -0.3 is 10.0 Å². The van der Waals surface area contributed by atoms with Crippen LogP contribution in [-0.2, 0) is 4.79 Å². The molecule has 0 radical (unpaired) electrons. The zero-order valence-electron chi connectivity index (χ0n) is 12.1. The Morgan fingerprint density at radius 2 is 1.80 bits per heavy atom. The summed E-state index contributed by atoms with van der Waals surface area (Å²) in [4.78, 5) is 25.6. The van der Waals surface area contributed by atoms with Gasteiger partial charge in [-0.15, -0.1) is 0 Å². The van der Waals surface area contributed by atoms with Gasteiger partial charge in [-0.05, 0) is 32.9 Å². The van der Waals surface area contributed by atoms with Crippen LogP contribution in [0.1, 0.15) is 20.8 Å². The molecule has 1 rings (SSSR count). The first-order valence-electron chi connectivity index (χ1n) is 6.16. The fraction of sp³-hybridized carbons (Fsp3) is 0.429. The molecule has 0 aliphatic rings. The van der Waals surface area contributed by atoms with Crippen molar-refractivity contribution in [2.45, 2.75) is 26.3 Å². The average molecular weight is 282 g/mol. The van der Waals surface area contributed by atoms with Crippen molar-refractivity contribution in [3.05, 3.63) is 30.1 Å². The summed E-state index contributed by atoms with van der Waals surface area (Å²) in [6, 6.07) is 5.29. The number of aliphatic carboxylic acids is 1. The van der Waals surface area contributed by atoms with Crippen molar-refractivity contribution >= 4 is 17.7 Å². The highest BCUT2D eigenvalue weighted by molar-refractivity contribution is 5.93. The van der Waals surface area contributed by atoms with Crippen LogP contribution >= 0.6 is 0 Å². The number of para-hydroxylation sites is 1. The molecule has 0 atom stereocenters. The lowest BCUT2D eigenvalue weighted by Crippen LogP contribution is -2.53. The number of carboxylic acid groups (broad SMARTS) is 1. The van der Waals surface area contributed by atoms with Gasteiger partial charge in [-0.2, -0.15) is 0 Å². The molecule has 0 fully saturated rings. The van der Waals surface area contributed by atoms with E-state index in [2.05, 4.69) is 0 Å². The van der Waals surface area contributed by atoms with Crippen LogP contribution in [0.25, 0.3) is 0 Å².